The molecule has 2 aromatic carbocycles. The number of amides is 1. The topological polar surface area (TPSA) is 45.7 Å². The van der Waals surface area contributed by atoms with Crippen molar-refractivity contribution >= 4 is 29.1 Å². The van der Waals surface area contributed by atoms with Crippen LogP contribution in [0.4, 0.5) is 4.39 Å². The van der Waals surface area contributed by atoms with Crippen molar-refractivity contribution in [2.45, 2.75) is 19.4 Å². The van der Waals surface area contributed by atoms with E-state index < -0.39 is 5.82 Å². The van der Waals surface area contributed by atoms with Gasteiger partial charge in [0, 0.05) is 12.1 Å². The second-order valence-electron chi connectivity index (χ2n) is 5.60. The van der Waals surface area contributed by atoms with E-state index in [1.807, 2.05) is 42.6 Å². The van der Waals surface area contributed by atoms with Gasteiger partial charge in [-0.25, -0.2) is 4.39 Å². The van der Waals surface area contributed by atoms with Crippen LogP contribution in [0.25, 0.3) is 0 Å². The van der Waals surface area contributed by atoms with Gasteiger partial charge in [0.1, 0.15) is 11.9 Å². The summed E-state index contributed by atoms with van der Waals surface area (Å²) in [5.74, 6) is -0.577. The molecule has 0 aromatic heterocycles. The van der Waals surface area contributed by atoms with Crippen molar-refractivity contribution in [2.24, 2.45) is 0 Å². The molecule has 0 aliphatic rings. The summed E-state index contributed by atoms with van der Waals surface area (Å²) >= 11 is 11.8. The summed E-state index contributed by atoms with van der Waals surface area (Å²) in [4.78, 5) is 11.9. The lowest BCUT2D eigenvalue weighted by atomic mass is 10.1. The maximum absolute atomic E-state index is 13.6. The van der Waals surface area contributed by atoms with Crippen LogP contribution in [0.15, 0.2) is 42.5 Å². The molecule has 0 aliphatic heterocycles. The number of rotatable bonds is 7. The summed E-state index contributed by atoms with van der Waals surface area (Å²) in [6, 6.07) is 12.5. The highest BCUT2D eigenvalue weighted by Gasteiger charge is 2.17. The van der Waals surface area contributed by atoms with Gasteiger partial charge in [-0.15, -0.1) is 0 Å². The number of quaternary nitrogens is 1. The third kappa shape index (κ3) is 5.48. The van der Waals surface area contributed by atoms with Crippen LogP contribution in [0.1, 0.15) is 24.1 Å². The number of nitrogens with one attached hydrogen (secondary N) is 1. The van der Waals surface area contributed by atoms with E-state index in [9.17, 15) is 9.18 Å². The maximum atomic E-state index is 13.6. The molecule has 0 aliphatic carbocycles. The van der Waals surface area contributed by atoms with E-state index in [0.29, 0.717) is 17.1 Å². The molecule has 6 heteroatoms. The van der Waals surface area contributed by atoms with Crippen LogP contribution in [0.3, 0.4) is 0 Å². The zero-order valence-electron chi connectivity index (χ0n) is 13.4. The minimum atomic E-state index is -0.511. The second kappa shape index (κ2) is 9.02. The van der Waals surface area contributed by atoms with E-state index in [1.165, 1.54) is 17.7 Å². The molecule has 0 spiro atoms. The van der Waals surface area contributed by atoms with Crippen LogP contribution >= 0.6 is 23.2 Å². The van der Waals surface area contributed by atoms with Crippen LogP contribution in [0.5, 0.6) is 0 Å². The highest BCUT2D eigenvalue weighted by atomic mass is 35.5. The number of carbonyl (C=O) groups is 1. The Labute approximate surface area is 151 Å². The molecule has 1 amide bonds. The number of hydrogen-bond acceptors (Lipinski definition) is 1. The molecule has 2 aromatic rings. The van der Waals surface area contributed by atoms with E-state index in [0.717, 1.165) is 6.42 Å². The summed E-state index contributed by atoms with van der Waals surface area (Å²) in [5, 5.41) is 5.08. The lowest BCUT2D eigenvalue weighted by molar-refractivity contribution is -0.682. The van der Waals surface area contributed by atoms with E-state index in [-0.39, 0.29) is 23.5 Å². The van der Waals surface area contributed by atoms with Gasteiger partial charge in [0.25, 0.3) is 5.91 Å². The Morgan fingerprint density at radius 3 is 2.62 bits per heavy atom. The highest BCUT2D eigenvalue weighted by molar-refractivity contribution is 6.35. The zero-order valence-corrected chi connectivity index (χ0v) is 14.9. The van der Waals surface area contributed by atoms with E-state index in [2.05, 4.69) is 5.32 Å². The summed E-state index contributed by atoms with van der Waals surface area (Å²) in [5.41, 5.74) is 1.80. The summed E-state index contributed by atoms with van der Waals surface area (Å²) in [7, 11) is 0. The van der Waals surface area contributed by atoms with E-state index >= 15 is 0 Å². The van der Waals surface area contributed by atoms with Crippen LogP contribution in [-0.4, -0.2) is 19.0 Å². The Morgan fingerprint density at radius 1 is 1.21 bits per heavy atom. The molecule has 24 heavy (non-hydrogen) atoms. The number of halogens is 3. The molecule has 3 N–H and O–H groups in total. The van der Waals surface area contributed by atoms with Gasteiger partial charge in [-0.2, -0.15) is 0 Å². The molecule has 3 nitrogen and oxygen atoms in total. The van der Waals surface area contributed by atoms with Crippen molar-refractivity contribution < 1.29 is 14.5 Å². The fourth-order valence-electron chi connectivity index (χ4n) is 2.36. The van der Waals surface area contributed by atoms with Crippen molar-refractivity contribution in [3.63, 3.8) is 0 Å². The molecule has 0 unspecified atom stereocenters. The Hall–Kier alpha value is -1.62. The Kier molecular flexibility index (Phi) is 7.03. The first-order valence-corrected chi connectivity index (χ1v) is 8.51. The third-order valence-corrected chi connectivity index (χ3v) is 4.38. The van der Waals surface area contributed by atoms with Crippen molar-refractivity contribution in [2.75, 3.05) is 13.1 Å². The lowest BCUT2D eigenvalue weighted by Gasteiger charge is -2.13. The minimum absolute atomic E-state index is 0.00500. The normalized spacial score (nSPS) is 12.0. The first-order chi connectivity index (χ1) is 11.5. The molecule has 0 fully saturated rings. The number of nitrogens with two attached hydrogens (primary N) is 1. The number of benzene rings is 2. The molecule has 2 rings (SSSR count). The number of hydrogen-bond donors (Lipinski definition) is 2. The third-order valence-electron chi connectivity index (χ3n) is 3.77. The Morgan fingerprint density at radius 2 is 1.92 bits per heavy atom. The fourth-order valence-corrected chi connectivity index (χ4v) is 2.92. The monoisotopic (exact) mass is 369 g/mol. The summed E-state index contributed by atoms with van der Waals surface area (Å²) in [6.07, 6.45) is 0.788. The fraction of sp³-hybridized carbons (Fsp3) is 0.278. The first kappa shape index (κ1) is 18.7. The van der Waals surface area contributed by atoms with Gasteiger partial charge in [-0.3, -0.25) is 4.79 Å². The van der Waals surface area contributed by atoms with Gasteiger partial charge < -0.3 is 10.6 Å². The molecule has 1 atom stereocenters. The molecule has 0 saturated carbocycles. The van der Waals surface area contributed by atoms with Crippen LogP contribution in [0.2, 0.25) is 10.0 Å². The maximum Gasteiger partial charge on any atom is 0.275 e. The summed E-state index contributed by atoms with van der Waals surface area (Å²) in [6.45, 7) is 2.70. The van der Waals surface area contributed by atoms with Gasteiger partial charge in [0.15, 0.2) is 6.54 Å². The predicted octanol–water partition coefficient (Wildman–Crippen LogP) is 3.12. The van der Waals surface area contributed by atoms with E-state index in [4.69, 9.17) is 23.2 Å². The molecular formula is C18H20Cl2FN2O+. The average molecular weight is 370 g/mol. The van der Waals surface area contributed by atoms with Gasteiger partial charge in [0.05, 0.1) is 10.0 Å². The van der Waals surface area contributed by atoms with Gasteiger partial charge >= 0.3 is 0 Å². The van der Waals surface area contributed by atoms with Crippen LogP contribution < -0.4 is 10.6 Å². The molecule has 0 bridgehead atoms. The average Bonchev–Trinajstić information content (AvgIpc) is 2.57. The highest BCUT2D eigenvalue weighted by Crippen LogP contribution is 2.27. The van der Waals surface area contributed by atoms with Crippen molar-refractivity contribution in [3.05, 3.63) is 69.5 Å². The minimum Gasteiger partial charge on any atom is -0.351 e. The zero-order chi connectivity index (χ0) is 17.5. The standard InChI is InChI=1S/C18H19Cl2FN2O/c1-12(14-9-17(21)16(20)10-15(14)19)23-11-18(24)22-8-7-13-5-3-2-4-6-13/h2-6,9-10,12,23H,7-8,11H2,1H3,(H,22,24)/p+1/t12-/m0/s1. The summed E-state index contributed by atoms with van der Waals surface area (Å²) < 4.78 is 13.6. The first-order valence-electron chi connectivity index (χ1n) is 7.75. The molecule has 128 valence electrons. The van der Waals surface area contributed by atoms with Gasteiger partial charge in [-0.05, 0) is 31.0 Å². The number of carbonyl (C=O) groups excluding carboxylic acids is 1. The van der Waals surface area contributed by atoms with Gasteiger partial charge in [0.2, 0.25) is 0 Å². The lowest BCUT2D eigenvalue weighted by Crippen LogP contribution is -2.87. The molecule has 0 heterocycles. The molecular weight excluding hydrogens is 350 g/mol. The quantitative estimate of drug-likeness (QED) is 0.723. The Balaban J connectivity index is 1.78. The molecule has 0 saturated heterocycles. The van der Waals surface area contributed by atoms with Crippen molar-refractivity contribution in [1.82, 2.24) is 5.32 Å². The smallest absolute Gasteiger partial charge is 0.275 e. The largest absolute Gasteiger partial charge is 0.351 e. The SMILES string of the molecule is C[C@H]([NH2+]CC(=O)NCCc1ccccc1)c1cc(F)c(Cl)cc1Cl. The van der Waals surface area contributed by atoms with Crippen LogP contribution in [-0.2, 0) is 11.2 Å². The molecule has 0 radical (unpaired) electrons. The van der Waals surface area contributed by atoms with Gasteiger partial charge in [-0.1, -0.05) is 53.5 Å². The van der Waals surface area contributed by atoms with Crippen molar-refractivity contribution in [3.8, 4) is 0 Å². The second-order valence-corrected chi connectivity index (χ2v) is 6.42. The Bertz CT molecular complexity index is 695. The predicted molar refractivity (Wildman–Crippen MR) is 94.8 cm³/mol. The van der Waals surface area contributed by atoms with Crippen molar-refractivity contribution in [1.29, 1.82) is 0 Å². The van der Waals surface area contributed by atoms with Crippen LogP contribution in [0, 0.1) is 5.82 Å². The van der Waals surface area contributed by atoms with E-state index in [1.54, 1.807) is 0 Å².